The Balaban J connectivity index is 1.53. The predicted octanol–water partition coefficient (Wildman–Crippen LogP) is 3.72. The van der Waals surface area contributed by atoms with Crippen LogP contribution in [0.1, 0.15) is 52.0 Å². The third-order valence-corrected chi connectivity index (χ3v) is 6.24. The van der Waals surface area contributed by atoms with Crippen molar-refractivity contribution in [1.29, 1.82) is 0 Å². The minimum absolute atomic E-state index is 0.00629. The predicted molar refractivity (Wildman–Crippen MR) is 106 cm³/mol. The number of nitrogens with one attached hydrogen (secondary N) is 2. The van der Waals surface area contributed by atoms with Crippen LogP contribution in [-0.2, 0) is 10.2 Å². The molecule has 0 atom stereocenters. The molecule has 0 radical (unpaired) electrons. The molecule has 3 rings (SSSR count). The summed E-state index contributed by atoms with van der Waals surface area (Å²) in [6, 6.07) is 9.94. The maximum Gasteiger partial charge on any atom is 0.251 e. The monoisotopic (exact) mass is 370 g/mol. The molecule has 1 aromatic heterocycles. The minimum Gasteiger partial charge on any atom is -0.354 e. The zero-order chi connectivity index (χ0) is 18.6. The summed E-state index contributed by atoms with van der Waals surface area (Å²) in [6.07, 6.45) is 4.64. The van der Waals surface area contributed by atoms with Gasteiger partial charge in [0.05, 0.1) is 6.54 Å². The van der Waals surface area contributed by atoms with E-state index in [1.54, 1.807) is 11.3 Å². The van der Waals surface area contributed by atoms with E-state index in [1.807, 2.05) is 32.0 Å². The van der Waals surface area contributed by atoms with E-state index in [0.717, 1.165) is 24.0 Å². The lowest BCUT2D eigenvalue weighted by Gasteiger charge is -2.28. The smallest absolute Gasteiger partial charge is 0.251 e. The van der Waals surface area contributed by atoms with Crippen molar-refractivity contribution in [2.24, 2.45) is 0 Å². The number of rotatable bonds is 6. The molecule has 2 aromatic rings. The molecular weight excluding hydrogens is 344 g/mol. The largest absolute Gasteiger partial charge is 0.354 e. The number of carbonyl (C=O) groups is 2. The van der Waals surface area contributed by atoms with Gasteiger partial charge in [-0.1, -0.05) is 36.1 Å². The fourth-order valence-electron chi connectivity index (χ4n) is 3.84. The van der Waals surface area contributed by atoms with Crippen LogP contribution in [-0.4, -0.2) is 24.9 Å². The van der Waals surface area contributed by atoms with Gasteiger partial charge in [0.2, 0.25) is 5.91 Å². The molecule has 2 amide bonds. The molecule has 0 saturated heterocycles. The highest BCUT2D eigenvalue weighted by Crippen LogP contribution is 2.42. The fourth-order valence-corrected chi connectivity index (χ4v) is 4.83. The molecule has 2 N–H and O–H groups in total. The zero-order valence-electron chi connectivity index (χ0n) is 15.4. The van der Waals surface area contributed by atoms with E-state index in [-0.39, 0.29) is 23.8 Å². The molecular formula is C21H26N2O2S. The molecule has 1 aromatic carbocycles. The van der Waals surface area contributed by atoms with Crippen molar-refractivity contribution in [3.8, 4) is 0 Å². The summed E-state index contributed by atoms with van der Waals surface area (Å²) in [5, 5.41) is 7.86. The van der Waals surface area contributed by atoms with Crippen molar-refractivity contribution in [2.75, 3.05) is 13.1 Å². The van der Waals surface area contributed by atoms with Crippen LogP contribution in [0.2, 0.25) is 0 Å². The Labute approximate surface area is 159 Å². The summed E-state index contributed by atoms with van der Waals surface area (Å²) in [4.78, 5) is 25.9. The lowest BCUT2D eigenvalue weighted by atomic mass is 9.84. The molecule has 1 aliphatic rings. The molecule has 0 bridgehead atoms. The Morgan fingerprint density at radius 3 is 2.38 bits per heavy atom. The van der Waals surface area contributed by atoms with Gasteiger partial charge in [0.1, 0.15) is 0 Å². The van der Waals surface area contributed by atoms with Crippen LogP contribution in [0.25, 0.3) is 0 Å². The van der Waals surface area contributed by atoms with Crippen LogP contribution in [0.4, 0.5) is 0 Å². The van der Waals surface area contributed by atoms with Gasteiger partial charge in [-0.2, -0.15) is 0 Å². The minimum atomic E-state index is -0.208. The molecule has 4 nitrogen and oxygen atoms in total. The van der Waals surface area contributed by atoms with Crippen molar-refractivity contribution in [3.63, 3.8) is 0 Å². The number of benzene rings is 1. The lowest BCUT2D eigenvalue weighted by Crippen LogP contribution is -2.43. The van der Waals surface area contributed by atoms with Gasteiger partial charge >= 0.3 is 0 Å². The highest BCUT2D eigenvalue weighted by Gasteiger charge is 2.36. The Morgan fingerprint density at radius 2 is 1.77 bits per heavy atom. The van der Waals surface area contributed by atoms with Gasteiger partial charge in [0.15, 0.2) is 0 Å². The maximum atomic E-state index is 12.3. The molecule has 1 aliphatic carbocycles. The van der Waals surface area contributed by atoms with Gasteiger partial charge in [-0.25, -0.2) is 0 Å². The first-order chi connectivity index (χ1) is 12.5. The van der Waals surface area contributed by atoms with Gasteiger partial charge in [-0.15, -0.1) is 11.3 Å². The highest BCUT2D eigenvalue weighted by atomic mass is 32.1. The van der Waals surface area contributed by atoms with Crippen LogP contribution >= 0.6 is 11.3 Å². The van der Waals surface area contributed by atoms with Gasteiger partial charge < -0.3 is 10.6 Å². The summed E-state index contributed by atoms with van der Waals surface area (Å²) in [5.74, 6) is -0.341. The van der Waals surface area contributed by atoms with E-state index >= 15 is 0 Å². The summed E-state index contributed by atoms with van der Waals surface area (Å²) >= 11 is 1.77. The Bertz CT molecular complexity index is 757. The third-order valence-electron chi connectivity index (χ3n) is 5.12. The van der Waals surface area contributed by atoms with Gasteiger partial charge in [-0.3, -0.25) is 9.59 Å². The van der Waals surface area contributed by atoms with Crippen molar-refractivity contribution >= 4 is 23.2 Å². The molecule has 0 aliphatic heterocycles. The highest BCUT2D eigenvalue weighted by molar-refractivity contribution is 7.10. The van der Waals surface area contributed by atoms with Crippen molar-refractivity contribution < 1.29 is 9.59 Å². The zero-order valence-corrected chi connectivity index (χ0v) is 16.2. The number of amides is 2. The van der Waals surface area contributed by atoms with Gasteiger partial charge in [-0.05, 0) is 50.3 Å². The molecule has 26 heavy (non-hydrogen) atoms. The topological polar surface area (TPSA) is 58.2 Å². The average molecular weight is 371 g/mol. The number of hydrogen-bond acceptors (Lipinski definition) is 3. The molecule has 5 heteroatoms. The molecule has 138 valence electrons. The van der Waals surface area contributed by atoms with Crippen LogP contribution in [0.3, 0.4) is 0 Å². The Kier molecular flexibility index (Phi) is 5.77. The summed E-state index contributed by atoms with van der Waals surface area (Å²) in [5.41, 5.74) is 2.75. The van der Waals surface area contributed by atoms with Gasteiger partial charge in [0.25, 0.3) is 5.91 Å². The van der Waals surface area contributed by atoms with Gasteiger partial charge in [0, 0.05) is 22.4 Å². The second kappa shape index (κ2) is 8.04. The van der Waals surface area contributed by atoms with Crippen molar-refractivity contribution in [3.05, 3.63) is 57.3 Å². The molecule has 0 spiro atoms. The van der Waals surface area contributed by atoms with E-state index < -0.39 is 0 Å². The van der Waals surface area contributed by atoms with Crippen molar-refractivity contribution in [1.82, 2.24) is 10.6 Å². The van der Waals surface area contributed by atoms with E-state index in [2.05, 4.69) is 28.1 Å². The molecule has 1 saturated carbocycles. The van der Waals surface area contributed by atoms with E-state index in [1.165, 1.54) is 17.7 Å². The van der Waals surface area contributed by atoms with Crippen LogP contribution < -0.4 is 10.6 Å². The second-order valence-corrected chi connectivity index (χ2v) is 8.25. The number of aryl methyl sites for hydroxylation is 2. The quantitative estimate of drug-likeness (QED) is 0.814. The van der Waals surface area contributed by atoms with E-state index in [9.17, 15) is 9.59 Å². The average Bonchev–Trinajstić information content (AvgIpc) is 3.29. The third kappa shape index (κ3) is 4.33. The molecule has 1 heterocycles. The van der Waals surface area contributed by atoms with Crippen LogP contribution in [0.5, 0.6) is 0 Å². The molecule has 0 unspecified atom stereocenters. The Morgan fingerprint density at radius 1 is 1.08 bits per heavy atom. The Hall–Kier alpha value is -2.14. The maximum absolute atomic E-state index is 12.3. The van der Waals surface area contributed by atoms with E-state index in [4.69, 9.17) is 0 Å². The standard InChI is InChI=1S/C21H26N2O2S/c1-15-10-16(2)12-17(11-15)20(25)22-13-19(24)23-14-21(7-3-4-8-21)18-6-5-9-26-18/h5-6,9-12H,3-4,7-8,13-14H2,1-2H3,(H,22,25)(H,23,24). The first-order valence-electron chi connectivity index (χ1n) is 9.16. The summed E-state index contributed by atoms with van der Waals surface area (Å²) in [6.45, 7) is 4.57. The lowest BCUT2D eigenvalue weighted by molar-refractivity contribution is -0.120. The van der Waals surface area contributed by atoms with Crippen molar-refractivity contribution in [2.45, 2.75) is 44.9 Å². The number of thiophene rings is 1. The van der Waals surface area contributed by atoms with Crippen LogP contribution in [0, 0.1) is 13.8 Å². The number of carbonyl (C=O) groups excluding carboxylic acids is 2. The summed E-state index contributed by atoms with van der Waals surface area (Å²) in [7, 11) is 0. The number of hydrogen-bond donors (Lipinski definition) is 2. The van der Waals surface area contributed by atoms with E-state index in [0.29, 0.717) is 12.1 Å². The normalized spacial score (nSPS) is 15.6. The first kappa shape index (κ1) is 18.6. The van der Waals surface area contributed by atoms with Crippen LogP contribution in [0.15, 0.2) is 35.7 Å². The SMILES string of the molecule is Cc1cc(C)cc(C(=O)NCC(=O)NCC2(c3cccs3)CCCC2)c1. The first-order valence-corrected chi connectivity index (χ1v) is 10.0. The second-order valence-electron chi connectivity index (χ2n) is 7.30. The fraction of sp³-hybridized carbons (Fsp3) is 0.429. The summed E-state index contributed by atoms with van der Waals surface area (Å²) < 4.78 is 0. The molecule has 1 fully saturated rings.